The fourth-order valence-electron chi connectivity index (χ4n) is 2.11. The molecule has 0 unspecified atom stereocenters. The van der Waals surface area contributed by atoms with E-state index in [2.05, 4.69) is 13.8 Å². The summed E-state index contributed by atoms with van der Waals surface area (Å²) in [5.41, 5.74) is 0.974. The first kappa shape index (κ1) is 15.7. The van der Waals surface area contributed by atoms with Crippen LogP contribution in [0.4, 0.5) is 5.69 Å². The summed E-state index contributed by atoms with van der Waals surface area (Å²) in [6.07, 6.45) is 0.922. The molecular weight excluding hydrogens is 282 g/mol. The second-order valence-corrected chi connectivity index (χ2v) is 5.04. The van der Waals surface area contributed by atoms with E-state index in [4.69, 9.17) is 4.74 Å². The minimum atomic E-state index is -0.598. The lowest BCUT2D eigenvalue weighted by Gasteiger charge is -2.14. The van der Waals surface area contributed by atoms with Gasteiger partial charge in [0.1, 0.15) is 5.75 Å². The molecule has 5 nitrogen and oxygen atoms in total. The van der Waals surface area contributed by atoms with E-state index in [1.54, 1.807) is 12.1 Å². The molecule has 0 N–H and O–H groups in total. The van der Waals surface area contributed by atoms with Crippen molar-refractivity contribution < 1.29 is 14.5 Å². The summed E-state index contributed by atoms with van der Waals surface area (Å²) in [6.45, 7) is 4.11. The van der Waals surface area contributed by atoms with Gasteiger partial charge in [0, 0.05) is 12.1 Å². The van der Waals surface area contributed by atoms with Crippen LogP contribution in [0.15, 0.2) is 48.5 Å². The van der Waals surface area contributed by atoms with E-state index in [1.807, 2.05) is 12.1 Å². The summed E-state index contributed by atoms with van der Waals surface area (Å²) in [5.74, 6) is 0.155. The molecule has 114 valence electrons. The molecule has 0 spiro atoms. The van der Waals surface area contributed by atoms with Crippen LogP contribution in [-0.2, 0) is 0 Å². The minimum absolute atomic E-state index is 0.135. The number of non-ortho nitro benzene ring substituents is 1. The van der Waals surface area contributed by atoms with Crippen molar-refractivity contribution in [2.24, 2.45) is 0 Å². The first-order chi connectivity index (χ1) is 10.5. The normalized spacial score (nSPS) is 11.7. The van der Waals surface area contributed by atoms with Gasteiger partial charge < -0.3 is 4.74 Å². The van der Waals surface area contributed by atoms with Crippen molar-refractivity contribution in [2.75, 3.05) is 0 Å². The van der Waals surface area contributed by atoms with Crippen molar-refractivity contribution in [1.29, 1.82) is 0 Å². The summed E-state index contributed by atoms with van der Waals surface area (Å²) >= 11 is 0. The maximum Gasteiger partial charge on any atom is 0.343 e. The zero-order valence-corrected chi connectivity index (χ0v) is 12.5. The van der Waals surface area contributed by atoms with Gasteiger partial charge in [-0.15, -0.1) is 0 Å². The zero-order valence-electron chi connectivity index (χ0n) is 12.5. The van der Waals surface area contributed by atoms with Crippen molar-refractivity contribution in [1.82, 2.24) is 0 Å². The molecule has 1 atom stereocenters. The lowest BCUT2D eigenvalue weighted by atomic mass is 9.98. The van der Waals surface area contributed by atoms with Crippen LogP contribution in [0.25, 0.3) is 0 Å². The highest BCUT2D eigenvalue weighted by molar-refractivity contribution is 5.91. The number of carbonyl (C=O) groups excluding carboxylic acids is 1. The molecule has 0 saturated carbocycles. The highest BCUT2D eigenvalue weighted by Gasteiger charge is 2.16. The molecule has 0 saturated heterocycles. The van der Waals surface area contributed by atoms with E-state index in [0.717, 1.165) is 12.0 Å². The Labute approximate surface area is 128 Å². The molecule has 0 radical (unpaired) electrons. The first-order valence-corrected chi connectivity index (χ1v) is 7.08. The number of ether oxygens (including phenoxy) is 1. The van der Waals surface area contributed by atoms with E-state index in [1.165, 1.54) is 24.3 Å². The quantitative estimate of drug-likeness (QED) is 0.356. The van der Waals surface area contributed by atoms with Gasteiger partial charge in [0.05, 0.1) is 10.5 Å². The van der Waals surface area contributed by atoms with Gasteiger partial charge in [0.2, 0.25) is 0 Å². The van der Waals surface area contributed by atoms with Crippen LogP contribution >= 0.6 is 0 Å². The molecule has 0 fully saturated rings. The van der Waals surface area contributed by atoms with E-state index in [0.29, 0.717) is 5.75 Å². The van der Waals surface area contributed by atoms with Crippen molar-refractivity contribution in [3.05, 3.63) is 69.8 Å². The zero-order chi connectivity index (χ0) is 16.1. The van der Waals surface area contributed by atoms with Gasteiger partial charge >= 0.3 is 5.97 Å². The second kappa shape index (κ2) is 6.85. The Morgan fingerprint density at radius 3 is 2.64 bits per heavy atom. The molecule has 0 aliphatic carbocycles. The number of carbonyl (C=O) groups is 1. The summed E-state index contributed by atoms with van der Waals surface area (Å²) in [5, 5.41) is 10.8. The van der Waals surface area contributed by atoms with E-state index >= 15 is 0 Å². The van der Waals surface area contributed by atoms with Crippen LogP contribution in [0.1, 0.15) is 42.1 Å². The Balaban J connectivity index is 2.26. The average Bonchev–Trinajstić information content (AvgIpc) is 2.54. The fourth-order valence-corrected chi connectivity index (χ4v) is 2.11. The number of hydrogen-bond donors (Lipinski definition) is 0. The van der Waals surface area contributed by atoms with Gasteiger partial charge in [-0.05, 0) is 30.0 Å². The molecule has 0 aromatic heterocycles. The molecule has 2 aromatic rings. The number of rotatable bonds is 5. The molecular formula is C17H17NO4. The summed E-state index contributed by atoms with van der Waals surface area (Å²) in [7, 11) is 0. The maximum absolute atomic E-state index is 12.2. The Hall–Kier alpha value is -2.69. The summed E-state index contributed by atoms with van der Waals surface area (Å²) in [6, 6.07) is 12.9. The number of hydrogen-bond acceptors (Lipinski definition) is 4. The van der Waals surface area contributed by atoms with E-state index < -0.39 is 10.9 Å². The van der Waals surface area contributed by atoms with Crippen molar-refractivity contribution in [2.45, 2.75) is 26.2 Å². The Bertz CT molecular complexity index is 697. The molecule has 2 aromatic carbocycles. The number of esters is 1. The predicted octanol–water partition coefficient (Wildman–Crippen LogP) is 4.33. The fraction of sp³-hybridized carbons (Fsp3) is 0.235. The summed E-state index contributed by atoms with van der Waals surface area (Å²) in [4.78, 5) is 22.4. The smallest absolute Gasteiger partial charge is 0.343 e. The largest absolute Gasteiger partial charge is 0.423 e. The lowest BCUT2D eigenvalue weighted by Crippen LogP contribution is -2.10. The van der Waals surface area contributed by atoms with Gasteiger partial charge in [-0.25, -0.2) is 4.79 Å². The summed E-state index contributed by atoms with van der Waals surface area (Å²) < 4.78 is 5.43. The highest BCUT2D eigenvalue weighted by atomic mass is 16.6. The van der Waals surface area contributed by atoms with Crippen LogP contribution in [-0.4, -0.2) is 10.9 Å². The van der Waals surface area contributed by atoms with Gasteiger partial charge in [0.25, 0.3) is 5.69 Å². The minimum Gasteiger partial charge on any atom is -0.423 e. The monoisotopic (exact) mass is 299 g/mol. The third kappa shape index (κ3) is 3.49. The standard InChI is InChI=1S/C17H17NO4/c1-3-12(2)15-9-4-5-10-16(15)22-17(19)13-7-6-8-14(11-13)18(20)21/h4-12H,3H2,1-2H3/t12-/m1/s1. The van der Waals surface area contributed by atoms with Crippen LogP contribution in [0, 0.1) is 10.1 Å². The molecule has 0 aliphatic rings. The second-order valence-electron chi connectivity index (χ2n) is 5.04. The Morgan fingerprint density at radius 1 is 1.23 bits per heavy atom. The van der Waals surface area contributed by atoms with Crippen molar-refractivity contribution >= 4 is 11.7 Å². The molecule has 5 heteroatoms. The maximum atomic E-state index is 12.2. The van der Waals surface area contributed by atoms with Crippen LogP contribution in [0.2, 0.25) is 0 Å². The Kier molecular flexibility index (Phi) is 4.88. The van der Waals surface area contributed by atoms with Crippen molar-refractivity contribution in [3.63, 3.8) is 0 Å². The first-order valence-electron chi connectivity index (χ1n) is 7.08. The van der Waals surface area contributed by atoms with Gasteiger partial charge in [0.15, 0.2) is 0 Å². The van der Waals surface area contributed by atoms with E-state index in [9.17, 15) is 14.9 Å². The topological polar surface area (TPSA) is 69.4 Å². The van der Waals surface area contributed by atoms with Crippen LogP contribution in [0.5, 0.6) is 5.75 Å². The average molecular weight is 299 g/mol. The van der Waals surface area contributed by atoms with Gasteiger partial charge in [-0.2, -0.15) is 0 Å². The van der Waals surface area contributed by atoms with Gasteiger partial charge in [-0.3, -0.25) is 10.1 Å². The molecule has 22 heavy (non-hydrogen) atoms. The molecule has 0 heterocycles. The third-order valence-electron chi connectivity index (χ3n) is 3.56. The molecule has 2 rings (SSSR count). The molecule has 0 aliphatic heterocycles. The van der Waals surface area contributed by atoms with Crippen LogP contribution < -0.4 is 4.74 Å². The molecule has 0 bridgehead atoms. The lowest BCUT2D eigenvalue weighted by molar-refractivity contribution is -0.384. The number of para-hydroxylation sites is 1. The van der Waals surface area contributed by atoms with Crippen molar-refractivity contribution in [3.8, 4) is 5.75 Å². The predicted molar refractivity (Wildman–Crippen MR) is 83.2 cm³/mol. The SMILES string of the molecule is CC[C@@H](C)c1ccccc1OC(=O)c1cccc([N+](=O)[O-])c1. The highest BCUT2D eigenvalue weighted by Crippen LogP contribution is 2.29. The van der Waals surface area contributed by atoms with Crippen LogP contribution in [0.3, 0.4) is 0 Å². The third-order valence-corrected chi connectivity index (χ3v) is 3.56. The number of nitrogens with zero attached hydrogens (tertiary/aromatic N) is 1. The number of nitro groups is 1. The molecule has 0 amide bonds. The Morgan fingerprint density at radius 2 is 1.95 bits per heavy atom. The van der Waals surface area contributed by atoms with Gasteiger partial charge in [-0.1, -0.05) is 38.1 Å². The number of benzene rings is 2. The van der Waals surface area contributed by atoms with E-state index in [-0.39, 0.29) is 17.2 Å². The number of nitro benzene ring substituents is 1.